The van der Waals surface area contributed by atoms with Crippen molar-refractivity contribution in [1.82, 2.24) is 25.2 Å². The molecule has 1 aliphatic heterocycles. The van der Waals surface area contributed by atoms with Crippen LogP contribution in [-0.2, 0) is 13.6 Å². The SMILES string of the molecule is CCC1(C)CN(Cc2cn(C)nn2)C2(CCCCC2)CN1. The van der Waals surface area contributed by atoms with Gasteiger partial charge in [0, 0.05) is 44.0 Å². The molecular formula is C16H29N5. The van der Waals surface area contributed by atoms with E-state index in [0.717, 1.165) is 25.3 Å². The summed E-state index contributed by atoms with van der Waals surface area (Å²) >= 11 is 0. The number of rotatable bonds is 3. The van der Waals surface area contributed by atoms with E-state index in [1.165, 1.54) is 38.5 Å². The minimum atomic E-state index is 0.227. The molecule has 1 aromatic heterocycles. The zero-order valence-corrected chi connectivity index (χ0v) is 13.7. The summed E-state index contributed by atoms with van der Waals surface area (Å²) in [6.45, 7) is 7.81. The van der Waals surface area contributed by atoms with E-state index in [1.807, 2.05) is 11.7 Å². The molecule has 0 bridgehead atoms. The number of nitrogens with one attached hydrogen (secondary N) is 1. The molecule has 5 nitrogen and oxygen atoms in total. The zero-order chi connectivity index (χ0) is 14.9. The van der Waals surface area contributed by atoms with Gasteiger partial charge in [0.15, 0.2) is 0 Å². The molecule has 2 aliphatic rings. The first-order valence-electron chi connectivity index (χ1n) is 8.41. The molecule has 0 aromatic carbocycles. The van der Waals surface area contributed by atoms with Crippen LogP contribution in [0.1, 0.15) is 58.1 Å². The van der Waals surface area contributed by atoms with Crippen LogP contribution in [0.3, 0.4) is 0 Å². The Morgan fingerprint density at radius 3 is 2.67 bits per heavy atom. The summed E-state index contributed by atoms with van der Waals surface area (Å²) in [5.74, 6) is 0. The van der Waals surface area contributed by atoms with E-state index < -0.39 is 0 Å². The van der Waals surface area contributed by atoms with Gasteiger partial charge in [0.2, 0.25) is 0 Å². The molecule has 1 spiro atoms. The van der Waals surface area contributed by atoms with Crippen LogP contribution in [0.5, 0.6) is 0 Å². The number of aryl methyl sites for hydroxylation is 1. The summed E-state index contributed by atoms with van der Waals surface area (Å²) in [7, 11) is 1.95. The van der Waals surface area contributed by atoms with E-state index in [2.05, 4.69) is 40.6 Å². The van der Waals surface area contributed by atoms with Crippen molar-refractivity contribution in [3.05, 3.63) is 11.9 Å². The van der Waals surface area contributed by atoms with Gasteiger partial charge in [0.1, 0.15) is 0 Å². The summed E-state index contributed by atoms with van der Waals surface area (Å²) in [4.78, 5) is 2.70. The maximum absolute atomic E-state index is 4.31. The van der Waals surface area contributed by atoms with Crippen LogP contribution in [0.4, 0.5) is 0 Å². The Hall–Kier alpha value is -0.940. The molecule has 118 valence electrons. The Bertz CT molecular complexity index is 477. The van der Waals surface area contributed by atoms with Crippen LogP contribution in [0, 0.1) is 0 Å². The Labute approximate surface area is 128 Å². The summed E-state index contributed by atoms with van der Waals surface area (Å²) in [6.07, 6.45) is 9.98. The fourth-order valence-corrected chi connectivity index (χ4v) is 3.96. The lowest BCUT2D eigenvalue weighted by atomic mass is 9.76. The quantitative estimate of drug-likeness (QED) is 0.926. The number of nitrogens with zero attached hydrogens (tertiary/aromatic N) is 4. The molecule has 2 fully saturated rings. The highest BCUT2D eigenvalue weighted by molar-refractivity contribution is 5.06. The lowest BCUT2D eigenvalue weighted by Crippen LogP contribution is -2.69. The number of aromatic nitrogens is 3. The fourth-order valence-electron chi connectivity index (χ4n) is 3.96. The van der Waals surface area contributed by atoms with Crippen LogP contribution in [0.25, 0.3) is 0 Å². The van der Waals surface area contributed by atoms with E-state index in [0.29, 0.717) is 5.54 Å². The van der Waals surface area contributed by atoms with E-state index in [4.69, 9.17) is 0 Å². The van der Waals surface area contributed by atoms with Crippen molar-refractivity contribution in [3.8, 4) is 0 Å². The van der Waals surface area contributed by atoms with Crippen LogP contribution in [-0.4, -0.2) is 44.1 Å². The molecule has 5 heteroatoms. The first-order chi connectivity index (χ1) is 10.1. The maximum atomic E-state index is 4.31. The number of hydrogen-bond acceptors (Lipinski definition) is 4. The Morgan fingerprint density at radius 1 is 1.29 bits per heavy atom. The van der Waals surface area contributed by atoms with Crippen molar-refractivity contribution >= 4 is 0 Å². The standard InChI is InChI=1S/C16H29N5/c1-4-15(2)13-21(11-14-10-20(3)19-18-14)16(12-17-15)8-6-5-7-9-16/h10,17H,4-9,11-13H2,1-3H3. The molecule has 1 unspecified atom stereocenters. The van der Waals surface area contributed by atoms with Crippen molar-refractivity contribution in [2.24, 2.45) is 7.05 Å². The van der Waals surface area contributed by atoms with Gasteiger partial charge in [-0.3, -0.25) is 9.58 Å². The molecule has 1 atom stereocenters. The van der Waals surface area contributed by atoms with Crippen molar-refractivity contribution in [3.63, 3.8) is 0 Å². The van der Waals surface area contributed by atoms with Crippen LogP contribution in [0.2, 0.25) is 0 Å². The second-order valence-electron chi connectivity index (χ2n) is 7.29. The predicted molar refractivity (Wildman–Crippen MR) is 83.9 cm³/mol. The average Bonchev–Trinajstić information content (AvgIpc) is 2.90. The van der Waals surface area contributed by atoms with Gasteiger partial charge in [0.25, 0.3) is 0 Å². The van der Waals surface area contributed by atoms with Gasteiger partial charge >= 0.3 is 0 Å². The summed E-state index contributed by atoms with van der Waals surface area (Å²) in [5, 5.41) is 12.3. The summed E-state index contributed by atoms with van der Waals surface area (Å²) < 4.78 is 1.81. The molecule has 1 saturated heterocycles. The Kier molecular flexibility index (Phi) is 4.06. The van der Waals surface area contributed by atoms with Crippen LogP contribution < -0.4 is 5.32 Å². The third-order valence-electron chi connectivity index (χ3n) is 5.62. The van der Waals surface area contributed by atoms with Gasteiger partial charge in [-0.2, -0.15) is 0 Å². The molecule has 0 radical (unpaired) electrons. The minimum absolute atomic E-state index is 0.227. The Balaban J connectivity index is 1.81. The minimum Gasteiger partial charge on any atom is -0.308 e. The third kappa shape index (κ3) is 2.99. The molecule has 1 N–H and O–H groups in total. The second kappa shape index (κ2) is 5.69. The number of piperazine rings is 1. The molecule has 0 amide bonds. The van der Waals surface area contributed by atoms with Crippen LogP contribution in [0.15, 0.2) is 6.20 Å². The summed E-state index contributed by atoms with van der Waals surface area (Å²) in [6, 6.07) is 0. The van der Waals surface area contributed by atoms with Gasteiger partial charge in [-0.15, -0.1) is 5.10 Å². The topological polar surface area (TPSA) is 46.0 Å². The molecule has 1 aliphatic carbocycles. The monoisotopic (exact) mass is 291 g/mol. The highest BCUT2D eigenvalue weighted by Crippen LogP contribution is 2.38. The predicted octanol–water partition coefficient (Wildman–Crippen LogP) is 2.09. The smallest absolute Gasteiger partial charge is 0.0967 e. The van der Waals surface area contributed by atoms with E-state index in [1.54, 1.807) is 0 Å². The lowest BCUT2D eigenvalue weighted by molar-refractivity contribution is -0.0224. The molecule has 2 heterocycles. The van der Waals surface area contributed by atoms with Crippen molar-refractivity contribution in [2.45, 2.75) is 70.0 Å². The van der Waals surface area contributed by atoms with Gasteiger partial charge in [-0.25, -0.2) is 0 Å². The van der Waals surface area contributed by atoms with Gasteiger partial charge in [0.05, 0.1) is 5.69 Å². The summed E-state index contributed by atoms with van der Waals surface area (Å²) in [5.41, 5.74) is 1.66. The largest absolute Gasteiger partial charge is 0.308 e. The van der Waals surface area contributed by atoms with E-state index in [-0.39, 0.29) is 5.54 Å². The molecule has 1 saturated carbocycles. The van der Waals surface area contributed by atoms with Gasteiger partial charge in [-0.05, 0) is 26.2 Å². The molecular weight excluding hydrogens is 262 g/mol. The van der Waals surface area contributed by atoms with Crippen molar-refractivity contribution in [1.29, 1.82) is 0 Å². The fraction of sp³-hybridized carbons (Fsp3) is 0.875. The molecule has 21 heavy (non-hydrogen) atoms. The maximum Gasteiger partial charge on any atom is 0.0967 e. The third-order valence-corrected chi connectivity index (χ3v) is 5.62. The lowest BCUT2D eigenvalue weighted by Gasteiger charge is -2.55. The number of hydrogen-bond donors (Lipinski definition) is 1. The van der Waals surface area contributed by atoms with Gasteiger partial charge in [-0.1, -0.05) is 31.4 Å². The highest BCUT2D eigenvalue weighted by Gasteiger charge is 2.45. The van der Waals surface area contributed by atoms with E-state index >= 15 is 0 Å². The first-order valence-corrected chi connectivity index (χ1v) is 8.41. The Morgan fingerprint density at radius 2 is 2.05 bits per heavy atom. The van der Waals surface area contributed by atoms with Crippen molar-refractivity contribution < 1.29 is 0 Å². The average molecular weight is 291 g/mol. The van der Waals surface area contributed by atoms with Gasteiger partial charge < -0.3 is 5.32 Å². The van der Waals surface area contributed by atoms with E-state index in [9.17, 15) is 0 Å². The molecule has 3 rings (SSSR count). The zero-order valence-electron chi connectivity index (χ0n) is 13.7. The second-order valence-corrected chi connectivity index (χ2v) is 7.29. The van der Waals surface area contributed by atoms with Crippen LogP contribution >= 0.6 is 0 Å². The molecule has 1 aromatic rings. The highest BCUT2D eigenvalue weighted by atomic mass is 15.4. The first kappa shape index (κ1) is 15.0. The van der Waals surface area contributed by atoms with Crippen molar-refractivity contribution in [2.75, 3.05) is 13.1 Å². The normalized spacial score (nSPS) is 29.9.